The summed E-state index contributed by atoms with van der Waals surface area (Å²) in [6.07, 6.45) is 4.99. The molecule has 0 heterocycles. The summed E-state index contributed by atoms with van der Waals surface area (Å²) in [5.41, 5.74) is 1.97. The summed E-state index contributed by atoms with van der Waals surface area (Å²) in [5, 5.41) is 2.75. The van der Waals surface area contributed by atoms with Crippen molar-refractivity contribution in [3.05, 3.63) is 65.7 Å². The van der Waals surface area contributed by atoms with E-state index in [9.17, 15) is 9.59 Å². The van der Waals surface area contributed by atoms with E-state index in [1.807, 2.05) is 31.2 Å². The average molecular weight is 353 g/mol. The Balaban J connectivity index is 1.88. The summed E-state index contributed by atoms with van der Waals surface area (Å²) in [7, 11) is 1.61. The zero-order valence-corrected chi connectivity index (χ0v) is 15.0. The summed E-state index contributed by atoms with van der Waals surface area (Å²) >= 11 is 0. The van der Waals surface area contributed by atoms with Gasteiger partial charge in [0, 0.05) is 11.8 Å². The molecule has 0 aromatic heterocycles. The van der Waals surface area contributed by atoms with Crippen LogP contribution >= 0.6 is 0 Å². The molecule has 0 aliphatic heterocycles. The van der Waals surface area contributed by atoms with Crippen LogP contribution in [-0.4, -0.2) is 25.6 Å². The SMILES string of the molecule is CCCCOC(=O)c1ccc(NC(=O)/C=C\c2ccc(OC)cc2)cc1. The minimum Gasteiger partial charge on any atom is -0.497 e. The van der Waals surface area contributed by atoms with Crippen LogP contribution in [-0.2, 0) is 9.53 Å². The number of benzene rings is 2. The molecule has 0 aliphatic carbocycles. The number of nitrogens with one attached hydrogen (secondary N) is 1. The Kier molecular flexibility index (Phi) is 7.43. The van der Waals surface area contributed by atoms with Crippen molar-refractivity contribution in [3.8, 4) is 5.75 Å². The number of ether oxygens (including phenoxy) is 2. The second-order valence-corrected chi connectivity index (χ2v) is 5.66. The lowest BCUT2D eigenvalue weighted by atomic mass is 10.2. The third-order valence-electron chi connectivity index (χ3n) is 3.66. The van der Waals surface area contributed by atoms with Crippen molar-refractivity contribution in [1.29, 1.82) is 0 Å². The molecule has 0 unspecified atom stereocenters. The lowest BCUT2D eigenvalue weighted by Gasteiger charge is -2.06. The highest BCUT2D eigenvalue weighted by atomic mass is 16.5. The number of amides is 1. The summed E-state index contributed by atoms with van der Waals surface area (Å²) in [6, 6.07) is 14.0. The molecule has 0 bridgehead atoms. The van der Waals surface area contributed by atoms with Gasteiger partial charge in [0.1, 0.15) is 5.75 Å². The zero-order chi connectivity index (χ0) is 18.8. The van der Waals surface area contributed by atoms with Gasteiger partial charge in [-0.2, -0.15) is 0 Å². The highest BCUT2D eigenvalue weighted by Gasteiger charge is 2.07. The molecule has 0 fully saturated rings. The number of carbonyl (C=O) groups is 2. The normalized spacial score (nSPS) is 10.5. The number of anilines is 1. The van der Waals surface area contributed by atoms with Gasteiger partial charge >= 0.3 is 5.97 Å². The van der Waals surface area contributed by atoms with E-state index >= 15 is 0 Å². The predicted molar refractivity (Wildman–Crippen MR) is 102 cm³/mol. The summed E-state index contributed by atoms with van der Waals surface area (Å²) in [4.78, 5) is 23.8. The van der Waals surface area contributed by atoms with Gasteiger partial charge in [-0.05, 0) is 54.5 Å². The molecule has 1 N–H and O–H groups in total. The van der Waals surface area contributed by atoms with Crippen molar-refractivity contribution in [2.45, 2.75) is 19.8 Å². The van der Waals surface area contributed by atoms with Crippen molar-refractivity contribution < 1.29 is 19.1 Å². The van der Waals surface area contributed by atoms with Gasteiger partial charge in [-0.25, -0.2) is 4.79 Å². The van der Waals surface area contributed by atoms with Crippen LogP contribution in [0.15, 0.2) is 54.6 Å². The fourth-order valence-electron chi connectivity index (χ4n) is 2.15. The van der Waals surface area contributed by atoms with Crippen molar-refractivity contribution in [2.75, 3.05) is 19.0 Å². The van der Waals surface area contributed by atoms with Crippen LogP contribution in [0.25, 0.3) is 6.08 Å². The van der Waals surface area contributed by atoms with Crippen molar-refractivity contribution in [3.63, 3.8) is 0 Å². The Morgan fingerprint density at radius 1 is 1.04 bits per heavy atom. The van der Waals surface area contributed by atoms with Gasteiger partial charge in [-0.1, -0.05) is 25.5 Å². The monoisotopic (exact) mass is 353 g/mol. The van der Waals surface area contributed by atoms with E-state index in [0.29, 0.717) is 17.9 Å². The molecule has 0 saturated heterocycles. The maximum atomic E-state index is 12.0. The van der Waals surface area contributed by atoms with Crippen LogP contribution in [0.3, 0.4) is 0 Å². The molecule has 5 heteroatoms. The number of hydrogen-bond donors (Lipinski definition) is 1. The van der Waals surface area contributed by atoms with Gasteiger partial charge in [-0.15, -0.1) is 0 Å². The Hall–Kier alpha value is -3.08. The molecular weight excluding hydrogens is 330 g/mol. The Morgan fingerprint density at radius 2 is 1.73 bits per heavy atom. The van der Waals surface area contributed by atoms with Crippen LogP contribution in [0.2, 0.25) is 0 Å². The third kappa shape index (κ3) is 6.09. The van der Waals surface area contributed by atoms with Crippen LogP contribution in [0.5, 0.6) is 5.75 Å². The minimum absolute atomic E-state index is 0.251. The highest BCUT2D eigenvalue weighted by molar-refractivity contribution is 6.02. The Bertz CT molecular complexity index is 749. The lowest BCUT2D eigenvalue weighted by Crippen LogP contribution is -2.09. The highest BCUT2D eigenvalue weighted by Crippen LogP contribution is 2.13. The fourth-order valence-corrected chi connectivity index (χ4v) is 2.15. The van der Waals surface area contributed by atoms with Gasteiger partial charge in [0.15, 0.2) is 0 Å². The average Bonchev–Trinajstić information content (AvgIpc) is 2.67. The van der Waals surface area contributed by atoms with E-state index in [1.54, 1.807) is 37.5 Å². The van der Waals surface area contributed by atoms with E-state index in [2.05, 4.69) is 5.32 Å². The fraction of sp³-hybridized carbons (Fsp3) is 0.238. The number of rotatable bonds is 8. The van der Waals surface area contributed by atoms with Gasteiger partial charge in [-0.3, -0.25) is 4.79 Å². The van der Waals surface area contributed by atoms with Crippen LogP contribution in [0.4, 0.5) is 5.69 Å². The van der Waals surface area contributed by atoms with Crippen LogP contribution in [0.1, 0.15) is 35.7 Å². The lowest BCUT2D eigenvalue weighted by molar-refractivity contribution is -0.111. The van der Waals surface area contributed by atoms with Crippen molar-refractivity contribution in [2.24, 2.45) is 0 Å². The summed E-state index contributed by atoms with van der Waals surface area (Å²) in [5.74, 6) is 0.162. The van der Waals surface area contributed by atoms with E-state index in [4.69, 9.17) is 9.47 Å². The second kappa shape index (κ2) is 10.0. The molecule has 136 valence electrons. The summed E-state index contributed by atoms with van der Waals surface area (Å²) < 4.78 is 10.2. The number of unbranched alkanes of at least 4 members (excludes halogenated alkanes) is 1. The molecule has 2 aromatic rings. The van der Waals surface area contributed by atoms with Crippen LogP contribution in [0, 0.1) is 0 Å². The number of methoxy groups -OCH3 is 1. The van der Waals surface area contributed by atoms with E-state index in [1.165, 1.54) is 6.08 Å². The van der Waals surface area contributed by atoms with Crippen molar-refractivity contribution in [1.82, 2.24) is 0 Å². The molecule has 0 saturated carbocycles. The molecule has 2 rings (SSSR count). The third-order valence-corrected chi connectivity index (χ3v) is 3.66. The molecule has 0 radical (unpaired) electrons. The first kappa shape index (κ1) is 19.2. The van der Waals surface area contributed by atoms with E-state index < -0.39 is 0 Å². The minimum atomic E-state index is -0.351. The molecule has 0 atom stereocenters. The van der Waals surface area contributed by atoms with E-state index in [-0.39, 0.29) is 11.9 Å². The maximum absolute atomic E-state index is 12.0. The number of esters is 1. The number of hydrogen-bond acceptors (Lipinski definition) is 4. The van der Waals surface area contributed by atoms with E-state index in [0.717, 1.165) is 24.2 Å². The second-order valence-electron chi connectivity index (χ2n) is 5.66. The topological polar surface area (TPSA) is 64.6 Å². The first-order valence-electron chi connectivity index (χ1n) is 8.52. The largest absolute Gasteiger partial charge is 0.497 e. The van der Waals surface area contributed by atoms with Gasteiger partial charge in [0.25, 0.3) is 0 Å². The molecule has 1 amide bonds. The molecule has 2 aromatic carbocycles. The predicted octanol–water partition coefficient (Wildman–Crippen LogP) is 4.30. The first-order valence-corrected chi connectivity index (χ1v) is 8.52. The van der Waals surface area contributed by atoms with Crippen molar-refractivity contribution >= 4 is 23.6 Å². The summed E-state index contributed by atoms with van der Waals surface area (Å²) in [6.45, 7) is 2.46. The smallest absolute Gasteiger partial charge is 0.338 e. The molecule has 0 spiro atoms. The molecule has 5 nitrogen and oxygen atoms in total. The first-order chi connectivity index (χ1) is 12.6. The number of carbonyl (C=O) groups excluding carboxylic acids is 2. The van der Waals surface area contributed by atoms with Gasteiger partial charge in [0.05, 0.1) is 19.3 Å². The Labute approximate surface area is 153 Å². The standard InChI is InChI=1S/C21H23NO4/c1-3-4-15-26-21(24)17-8-10-18(11-9-17)22-20(23)14-7-16-5-12-19(25-2)13-6-16/h5-14H,3-4,15H2,1-2H3,(H,22,23)/b14-7-. The van der Waals surface area contributed by atoms with Crippen LogP contribution < -0.4 is 10.1 Å². The zero-order valence-electron chi connectivity index (χ0n) is 15.0. The van der Waals surface area contributed by atoms with Gasteiger partial charge in [0.2, 0.25) is 5.91 Å². The molecular formula is C21H23NO4. The maximum Gasteiger partial charge on any atom is 0.338 e. The Morgan fingerprint density at radius 3 is 2.35 bits per heavy atom. The van der Waals surface area contributed by atoms with Gasteiger partial charge < -0.3 is 14.8 Å². The molecule has 26 heavy (non-hydrogen) atoms. The molecule has 0 aliphatic rings. The quantitative estimate of drug-likeness (QED) is 0.436.